The Bertz CT molecular complexity index is 654. The molecule has 1 unspecified atom stereocenters. The molecule has 2 N–H and O–H groups in total. The van der Waals surface area contributed by atoms with Crippen LogP contribution in [0.2, 0.25) is 0 Å². The summed E-state index contributed by atoms with van der Waals surface area (Å²) < 4.78 is 2.21. The third-order valence-electron chi connectivity index (χ3n) is 4.12. The van der Waals surface area contributed by atoms with E-state index in [1.165, 1.54) is 0 Å². The monoisotopic (exact) mass is 327 g/mol. The second kappa shape index (κ2) is 7.58. The molecule has 23 heavy (non-hydrogen) atoms. The average Bonchev–Trinajstić information content (AvgIpc) is 2.58. The average molecular weight is 327 g/mol. The molecule has 120 valence electrons. The summed E-state index contributed by atoms with van der Waals surface area (Å²) in [6, 6.07) is 18.1. The summed E-state index contributed by atoms with van der Waals surface area (Å²) in [5, 5.41) is 6.08. The van der Waals surface area contributed by atoms with Gasteiger partial charge >= 0.3 is 6.03 Å². The predicted octanol–water partition coefficient (Wildman–Crippen LogP) is 3.73. The molecule has 1 aliphatic heterocycles. The number of carbonyl (C=O) groups is 1. The molecule has 3 rings (SSSR count). The van der Waals surface area contributed by atoms with Gasteiger partial charge in [0.25, 0.3) is 0 Å². The van der Waals surface area contributed by atoms with Crippen LogP contribution in [0.15, 0.2) is 54.6 Å². The van der Waals surface area contributed by atoms with Crippen LogP contribution < -0.4 is 10.6 Å². The summed E-state index contributed by atoms with van der Waals surface area (Å²) in [4.78, 5) is 12.3. The van der Waals surface area contributed by atoms with Crippen molar-refractivity contribution in [3.63, 3.8) is 0 Å². The molecule has 1 atom stereocenters. The zero-order chi connectivity index (χ0) is 16.1. The number of hydrogen-bond donors (Lipinski definition) is 2. The lowest BCUT2D eigenvalue weighted by atomic mass is 10.0. The lowest BCUT2D eigenvalue weighted by molar-refractivity contribution is 0.240. The third-order valence-corrected chi connectivity index (χ3v) is 4.64. The van der Waals surface area contributed by atoms with Crippen molar-refractivity contribution in [1.82, 2.24) is 9.99 Å². The van der Waals surface area contributed by atoms with Gasteiger partial charge in [0.05, 0.1) is 5.69 Å². The van der Waals surface area contributed by atoms with E-state index < -0.39 is 0 Å². The molecule has 2 aromatic rings. The van der Waals surface area contributed by atoms with Crippen molar-refractivity contribution in [2.75, 3.05) is 18.4 Å². The number of piperidine rings is 1. The minimum absolute atomic E-state index is 0.129. The molecule has 2 amide bonds. The molecular formula is C18H22N3OP. The fourth-order valence-corrected chi connectivity index (χ4v) is 3.15. The maximum Gasteiger partial charge on any atom is 0.319 e. The van der Waals surface area contributed by atoms with Crippen LogP contribution in [-0.4, -0.2) is 29.8 Å². The number of nitrogens with one attached hydrogen (secondary N) is 2. The first-order valence-electron chi connectivity index (χ1n) is 7.94. The van der Waals surface area contributed by atoms with Crippen LogP contribution in [0.1, 0.15) is 12.8 Å². The Hall–Kier alpha value is -1.90. The Morgan fingerprint density at radius 2 is 1.65 bits per heavy atom. The molecule has 0 radical (unpaired) electrons. The molecule has 5 heteroatoms. The minimum atomic E-state index is -0.129. The molecule has 0 bridgehead atoms. The van der Waals surface area contributed by atoms with Crippen LogP contribution in [0.3, 0.4) is 0 Å². The number of amides is 2. The summed E-state index contributed by atoms with van der Waals surface area (Å²) in [7, 11) is 2.72. The number of anilines is 1. The van der Waals surface area contributed by atoms with Crippen molar-refractivity contribution in [3.8, 4) is 11.1 Å². The summed E-state index contributed by atoms with van der Waals surface area (Å²) >= 11 is 0. The van der Waals surface area contributed by atoms with Gasteiger partial charge in [0.1, 0.15) is 0 Å². The van der Waals surface area contributed by atoms with E-state index >= 15 is 0 Å². The second-order valence-electron chi connectivity index (χ2n) is 5.82. The van der Waals surface area contributed by atoms with Gasteiger partial charge in [-0.3, -0.25) is 4.67 Å². The molecule has 0 aromatic heterocycles. The summed E-state index contributed by atoms with van der Waals surface area (Å²) in [5.74, 6) is 0. The highest BCUT2D eigenvalue weighted by molar-refractivity contribution is 7.13. The summed E-state index contributed by atoms with van der Waals surface area (Å²) in [6.07, 6.45) is 1.97. The number of carbonyl (C=O) groups excluding carboxylic acids is 1. The molecule has 4 nitrogen and oxygen atoms in total. The topological polar surface area (TPSA) is 44.4 Å². The number of hydrogen-bond acceptors (Lipinski definition) is 2. The van der Waals surface area contributed by atoms with Crippen LogP contribution >= 0.6 is 9.39 Å². The zero-order valence-corrected chi connectivity index (χ0v) is 14.2. The van der Waals surface area contributed by atoms with Crippen molar-refractivity contribution in [1.29, 1.82) is 0 Å². The standard InChI is InChI=1S/C18H22N3OP/c22-18(19-15-10-12-21(23)13-11-15)20-17-9-5-4-8-16(17)14-6-2-1-3-7-14/h1-9,15H,10-13,23H2,(H2,19,20,22). The molecule has 0 saturated carbocycles. The first-order valence-corrected chi connectivity index (χ1v) is 8.45. The van der Waals surface area contributed by atoms with Gasteiger partial charge in [-0.05, 0) is 24.5 Å². The van der Waals surface area contributed by atoms with Gasteiger partial charge in [-0.2, -0.15) is 0 Å². The minimum Gasteiger partial charge on any atom is -0.335 e. The fourth-order valence-electron chi connectivity index (χ4n) is 2.85. The number of nitrogens with zero attached hydrogens (tertiary/aromatic N) is 1. The van der Waals surface area contributed by atoms with Crippen molar-refractivity contribution in [2.24, 2.45) is 0 Å². The third kappa shape index (κ3) is 4.31. The van der Waals surface area contributed by atoms with Gasteiger partial charge in [0.2, 0.25) is 0 Å². The van der Waals surface area contributed by atoms with E-state index in [1.807, 2.05) is 54.6 Å². The van der Waals surface area contributed by atoms with Crippen LogP contribution in [0.5, 0.6) is 0 Å². The van der Waals surface area contributed by atoms with Gasteiger partial charge in [-0.25, -0.2) is 4.79 Å². The fraction of sp³-hybridized carbons (Fsp3) is 0.278. The maximum atomic E-state index is 12.3. The van der Waals surface area contributed by atoms with E-state index in [2.05, 4.69) is 24.7 Å². The second-order valence-corrected chi connectivity index (χ2v) is 6.55. The summed E-state index contributed by atoms with van der Waals surface area (Å²) in [6.45, 7) is 1.99. The lowest BCUT2D eigenvalue weighted by Gasteiger charge is -2.29. The first kappa shape index (κ1) is 16.0. The molecule has 2 aromatic carbocycles. The normalized spacial score (nSPS) is 16.0. The Kier molecular flexibility index (Phi) is 5.27. The van der Waals surface area contributed by atoms with Crippen LogP contribution in [-0.2, 0) is 0 Å². The highest BCUT2D eigenvalue weighted by atomic mass is 31.0. The molecule has 1 heterocycles. The van der Waals surface area contributed by atoms with Gasteiger partial charge in [0.15, 0.2) is 0 Å². The van der Waals surface area contributed by atoms with Gasteiger partial charge in [-0.15, -0.1) is 0 Å². The number of urea groups is 1. The predicted molar refractivity (Wildman–Crippen MR) is 98.3 cm³/mol. The lowest BCUT2D eigenvalue weighted by Crippen LogP contribution is -2.43. The molecule has 1 fully saturated rings. The van der Waals surface area contributed by atoms with Gasteiger partial charge < -0.3 is 10.6 Å². The van der Waals surface area contributed by atoms with Crippen molar-refractivity contribution in [3.05, 3.63) is 54.6 Å². The van der Waals surface area contributed by atoms with E-state index in [-0.39, 0.29) is 12.1 Å². The molecule has 1 aliphatic rings. The smallest absolute Gasteiger partial charge is 0.319 e. The van der Waals surface area contributed by atoms with Crippen LogP contribution in [0.4, 0.5) is 10.5 Å². The molecule has 0 aliphatic carbocycles. The van der Waals surface area contributed by atoms with Gasteiger partial charge in [-0.1, -0.05) is 57.9 Å². The SMILES string of the molecule is O=C(Nc1ccccc1-c1ccccc1)NC1CCN(P)CC1. The number of rotatable bonds is 3. The Morgan fingerprint density at radius 1 is 1.00 bits per heavy atom. The van der Waals surface area contributed by atoms with Crippen molar-refractivity contribution >= 4 is 21.1 Å². The number of benzene rings is 2. The van der Waals surface area contributed by atoms with E-state index in [9.17, 15) is 4.79 Å². The quantitative estimate of drug-likeness (QED) is 0.844. The Balaban J connectivity index is 1.67. The van der Waals surface area contributed by atoms with E-state index in [0.29, 0.717) is 0 Å². The van der Waals surface area contributed by atoms with Crippen LogP contribution in [0, 0.1) is 0 Å². The highest BCUT2D eigenvalue weighted by Crippen LogP contribution is 2.27. The van der Waals surface area contributed by atoms with Crippen molar-refractivity contribution < 1.29 is 4.79 Å². The summed E-state index contributed by atoms with van der Waals surface area (Å²) in [5.41, 5.74) is 2.96. The van der Waals surface area contributed by atoms with E-state index in [1.54, 1.807) is 0 Å². The Morgan fingerprint density at radius 3 is 2.39 bits per heavy atom. The molecule has 0 spiro atoms. The van der Waals surface area contributed by atoms with E-state index in [4.69, 9.17) is 0 Å². The molecule has 1 saturated heterocycles. The molecular weight excluding hydrogens is 305 g/mol. The van der Waals surface area contributed by atoms with Crippen molar-refractivity contribution in [2.45, 2.75) is 18.9 Å². The zero-order valence-electron chi connectivity index (χ0n) is 13.0. The largest absolute Gasteiger partial charge is 0.335 e. The van der Waals surface area contributed by atoms with Gasteiger partial charge in [0, 0.05) is 24.7 Å². The first-order chi connectivity index (χ1) is 11.2. The number of para-hydroxylation sites is 1. The maximum absolute atomic E-state index is 12.3. The Labute approximate surface area is 139 Å². The highest BCUT2D eigenvalue weighted by Gasteiger charge is 2.18. The van der Waals surface area contributed by atoms with Crippen LogP contribution in [0.25, 0.3) is 11.1 Å². The van der Waals surface area contributed by atoms with E-state index in [0.717, 1.165) is 42.7 Å².